The fourth-order valence-corrected chi connectivity index (χ4v) is 5.41. The van der Waals surface area contributed by atoms with Crippen LogP contribution in [0.15, 0.2) is 16.3 Å². The first-order valence-electron chi connectivity index (χ1n) is 7.26. The molecule has 1 saturated carbocycles. The van der Waals surface area contributed by atoms with Gasteiger partial charge in [0.1, 0.15) is 9.75 Å². The van der Waals surface area contributed by atoms with Crippen LogP contribution >= 0.6 is 11.3 Å². The van der Waals surface area contributed by atoms with Gasteiger partial charge < -0.3 is 5.11 Å². The van der Waals surface area contributed by atoms with E-state index in [0.29, 0.717) is 12.8 Å². The van der Waals surface area contributed by atoms with Gasteiger partial charge >= 0.3 is 5.97 Å². The number of carbonyl (C=O) groups is 1. The third kappa shape index (κ3) is 3.64. The molecule has 1 aliphatic carbocycles. The number of aryl methyl sites for hydroxylation is 1. The van der Waals surface area contributed by atoms with Crippen molar-refractivity contribution in [2.24, 2.45) is 0 Å². The van der Waals surface area contributed by atoms with Crippen molar-refractivity contribution in [1.82, 2.24) is 4.72 Å². The molecule has 5 nitrogen and oxygen atoms in total. The van der Waals surface area contributed by atoms with E-state index in [1.807, 2.05) is 6.92 Å². The van der Waals surface area contributed by atoms with Crippen molar-refractivity contribution in [3.63, 3.8) is 0 Å². The molecule has 1 aromatic heterocycles. The van der Waals surface area contributed by atoms with Crippen LogP contribution < -0.4 is 4.72 Å². The summed E-state index contributed by atoms with van der Waals surface area (Å²) in [6.45, 7) is 1.96. The predicted molar refractivity (Wildman–Crippen MR) is 82.1 cm³/mol. The molecule has 118 valence electrons. The van der Waals surface area contributed by atoms with Gasteiger partial charge in [0.25, 0.3) is 10.0 Å². The lowest BCUT2D eigenvalue weighted by Gasteiger charge is -2.28. The maximum Gasteiger partial charge on any atom is 0.324 e. The quantitative estimate of drug-likeness (QED) is 0.813. The summed E-state index contributed by atoms with van der Waals surface area (Å²) in [7, 11) is -3.78. The van der Waals surface area contributed by atoms with Crippen LogP contribution in [0.1, 0.15) is 50.3 Å². The van der Waals surface area contributed by atoms with Gasteiger partial charge in [0.2, 0.25) is 0 Å². The van der Waals surface area contributed by atoms with Crippen molar-refractivity contribution >= 4 is 27.3 Å². The van der Waals surface area contributed by atoms with E-state index in [-0.39, 0.29) is 4.21 Å². The molecule has 1 aliphatic rings. The predicted octanol–water partition coefficient (Wildman–Crippen LogP) is 2.77. The third-order valence-corrected chi connectivity index (χ3v) is 7.20. The normalized spacial score (nSPS) is 19.1. The maximum absolute atomic E-state index is 12.5. The molecule has 0 radical (unpaired) electrons. The topological polar surface area (TPSA) is 83.5 Å². The fraction of sp³-hybridized carbons (Fsp3) is 0.643. The van der Waals surface area contributed by atoms with E-state index in [2.05, 4.69) is 4.72 Å². The Bertz CT molecular complexity index is 598. The van der Waals surface area contributed by atoms with Crippen LogP contribution in [0.25, 0.3) is 0 Å². The summed E-state index contributed by atoms with van der Waals surface area (Å²) in [5, 5.41) is 9.55. The van der Waals surface area contributed by atoms with E-state index >= 15 is 0 Å². The zero-order chi connectivity index (χ0) is 15.5. The van der Waals surface area contributed by atoms with Gasteiger partial charge in [-0.05, 0) is 31.4 Å². The summed E-state index contributed by atoms with van der Waals surface area (Å²) in [5.74, 6) is -1.07. The highest BCUT2D eigenvalue weighted by Crippen LogP contribution is 2.30. The second-order valence-electron chi connectivity index (χ2n) is 5.48. The molecule has 0 aliphatic heterocycles. The Balaban J connectivity index is 2.28. The molecule has 1 heterocycles. The number of carboxylic acids is 1. The lowest BCUT2D eigenvalue weighted by Crippen LogP contribution is -2.53. The lowest BCUT2D eigenvalue weighted by atomic mass is 9.92. The minimum absolute atomic E-state index is 0.198. The van der Waals surface area contributed by atoms with Crippen molar-refractivity contribution in [1.29, 1.82) is 0 Å². The van der Waals surface area contributed by atoms with E-state index in [0.717, 1.165) is 37.0 Å². The van der Waals surface area contributed by atoms with Crippen molar-refractivity contribution in [3.8, 4) is 0 Å². The Hall–Kier alpha value is -0.920. The Morgan fingerprint density at radius 3 is 2.38 bits per heavy atom. The van der Waals surface area contributed by atoms with Crippen LogP contribution in [0.4, 0.5) is 0 Å². The van der Waals surface area contributed by atoms with Crippen LogP contribution in [0.5, 0.6) is 0 Å². The molecule has 0 atom stereocenters. The second kappa shape index (κ2) is 6.46. The number of thiophene rings is 1. The molecule has 7 heteroatoms. The van der Waals surface area contributed by atoms with Crippen LogP contribution in [-0.4, -0.2) is 25.0 Å². The summed E-state index contributed by atoms with van der Waals surface area (Å²) in [6.07, 6.45) is 4.86. The molecule has 0 amide bonds. The summed E-state index contributed by atoms with van der Waals surface area (Å²) < 4.78 is 27.7. The highest BCUT2D eigenvalue weighted by molar-refractivity contribution is 7.91. The van der Waals surface area contributed by atoms with Gasteiger partial charge in [0, 0.05) is 4.88 Å². The van der Waals surface area contributed by atoms with Crippen molar-refractivity contribution in [2.75, 3.05) is 0 Å². The van der Waals surface area contributed by atoms with Gasteiger partial charge in [-0.25, -0.2) is 8.42 Å². The Labute approximate surface area is 129 Å². The first kappa shape index (κ1) is 16.5. The lowest BCUT2D eigenvalue weighted by molar-refractivity contribution is -0.144. The maximum atomic E-state index is 12.5. The van der Waals surface area contributed by atoms with Crippen LogP contribution in [0.2, 0.25) is 0 Å². The fourth-order valence-electron chi connectivity index (χ4n) is 2.69. The zero-order valence-corrected chi connectivity index (χ0v) is 13.7. The average Bonchev–Trinajstić information content (AvgIpc) is 2.80. The number of carboxylic acid groups (broad SMARTS) is 1. The molecule has 0 aromatic carbocycles. The molecule has 0 bridgehead atoms. The molecular formula is C14H21NO4S2. The minimum Gasteiger partial charge on any atom is -0.480 e. The molecule has 0 saturated heterocycles. The highest BCUT2D eigenvalue weighted by Gasteiger charge is 2.42. The SMILES string of the molecule is CCc1ccc(S(=O)(=O)NC2(C(=O)O)CCCCCC2)s1. The Morgan fingerprint density at radius 2 is 1.90 bits per heavy atom. The van der Waals surface area contributed by atoms with E-state index in [4.69, 9.17) is 0 Å². The zero-order valence-electron chi connectivity index (χ0n) is 12.1. The van der Waals surface area contributed by atoms with Crippen molar-refractivity contribution in [3.05, 3.63) is 17.0 Å². The smallest absolute Gasteiger partial charge is 0.324 e. The second-order valence-corrected chi connectivity index (χ2v) is 8.56. The molecule has 0 unspecified atom stereocenters. The van der Waals surface area contributed by atoms with Crippen molar-refractivity contribution in [2.45, 2.75) is 61.6 Å². The number of rotatable bonds is 5. The number of nitrogens with one attached hydrogen (secondary N) is 1. The molecule has 2 rings (SSSR count). The van der Waals surface area contributed by atoms with Crippen LogP contribution in [-0.2, 0) is 21.2 Å². The number of hydrogen-bond acceptors (Lipinski definition) is 4. The van der Waals surface area contributed by atoms with E-state index in [1.54, 1.807) is 12.1 Å². The molecular weight excluding hydrogens is 310 g/mol. The third-order valence-electron chi connectivity index (χ3n) is 3.95. The number of aliphatic carboxylic acids is 1. The highest BCUT2D eigenvalue weighted by atomic mass is 32.2. The molecule has 1 fully saturated rings. The van der Waals surface area contributed by atoms with E-state index in [9.17, 15) is 18.3 Å². The van der Waals surface area contributed by atoms with Gasteiger partial charge in [0.15, 0.2) is 0 Å². The van der Waals surface area contributed by atoms with Crippen LogP contribution in [0.3, 0.4) is 0 Å². The summed E-state index contributed by atoms with van der Waals surface area (Å²) in [4.78, 5) is 12.6. The first-order chi connectivity index (χ1) is 9.89. The molecule has 0 spiro atoms. The molecule has 1 aromatic rings. The summed E-state index contributed by atoms with van der Waals surface area (Å²) in [6, 6.07) is 3.33. The Morgan fingerprint density at radius 1 is 1.29 bits per heavy atom. The monoisotopic (exact) mass is 331 g/mol. The van der Waals surface area contributed by atoms with Gasteiger partial charge in [-0.3, -0.25) is 4.79 Å². The summed E-state index contributed by atoms with van der Waals surface area (Å²) in [5.41, 5.74) is -1.36. The van der Waals surface area contributed by atoms with Crippen LogP contribution in [0, 0.1) is 0 Å². The van der Waals surface area contributed by atoms with Gasteiger partial charge in [0.05, 0.1) is 0 Å². The van der Waals surface area contributed by atoms with Crippen molar-refractivity contribution < 1.29 is 18.3 Å². The Kier molecular flexibility index (Phi) is 5.06. The largest absolute Gasteiger partial charge is 0.480 e. The van der Waals surface area contributed by atoms with E-state index in [1.165, 1.54) is 11.3 Å². The van der Waals surface area contributed by atoms with E-state index < -0.39 is 21.5 Å². The first-order valence-corrected chi connectivity index (χ1v) is 9.56. The number of hydrogen-bond donors (Lipinski definition) is 2. The van der Waals surface area contributed by atoms with Gasteiger partial charge in [-0.15, -0.1) is 11.3 Å². The number of sulfonamides is 1. The molecule has 2 N–H and O–H groups in total. The minimum atomic E-state index is -3.78. The van der Waals surface area contributed by atoms with Gasteiger partial charge in [-0.2, -0.15) is 4.72 Å². The van der Waals surface area contributed by atoms with Gasteiger partial charge in [-0.1, -0.05) is 32.6 Å². The standard InChI is InChI=1S/C14H21NO4S2/c1-2-11-7-8-12(20-11)21(18,19)15-14(13(16)17)9-5-3-4-6-10-14/h7-8,15H,2-6,9-10H2,1H3,(H,16,17). The summed E-state index contributed by atoms with van der Waals surface area (Å²) >= 11 is 1.20. The molecule has 21 heavy (non-hydrogen) atoms. The average molecular weight is 331 g/mol.